The third-order valence-corrected chi connectivity index (χ3v) is 7.48. The standard InChI is InChI=1S/C29H34ClF2N5O2/c1-35(2)34-28(6-4-16-38)37-18-24(23-12-11-22(31)17-26(23)32)25(19-37)29(39)36-14-3-5-27(33-13-15-36)20-7-9-21(30)10-8-20/h4,6-12,16-17,24-25,27,33H,3,5,13-15,18-19H2,1-2H3/b6-4-,34-28+/t24-,25+,27?/m0/s1. The molecule has 2 aromatic rings. The number of rotatable bonds is 6. The van der Waals surface area contributed by atoms with Crippen molar-refractivity contribution < 1.29 is 18.4 Å². The molecule has 2 aliphatic heterocycles. The van der Waals surface area contributed by atoms with E-state index in [4.69, 9.17) is 11.6 Å². The lowest BCUT2D eigenvalue weighted by Gasteiger charge is -2.32. The Morgan fingerprint density at radius 2 is 1.87 bits per heavy atom. The molecule has 3 atom stereocenters. The van der Waals surface area contributed by atoms with Gasteiger partial charge in [0.15, 0.2) is 0 Å². The molecule has 1 unspecified atom stereocenters. The summed E-state index contributed by atoms with van der Waals surface area (Å²) in [6.45, 7) is 2.32. The van der Waals surface area contributed by atoms with Crippen molar-refractivity contribution in [3.8, 4) is 0 Å². The highest BCUT2D eigenvalue weighted by molar-refractivity contribution is 6.30. The molecule has 2 aliphatic rings. The Morgan fingerprint density at radius 1 is 1.10 bits per heavy atom. The van der Waals surface area contributed by atoms with E-state index in [9.17, 15) is 18.4 Å². The van der Waals surface area contributed by atoms with Gasteiger partial charge in [-0.05, 0) is 54.3 Å². The minimum Gasteiger partial charge on any atom is -0.354 e. The van der Waals surface area contributed by atoms with Crippen molar-refractivity contribution in [2.45, 2.75) is 24.8 Å². The third-order valence-electron chi connectivity index (χ3n) is 7.23. The number of benzene rings is 2. The molecule has 2 saturated heterocycles. The summed E-state index contributed by atoms with van der Waals surface area (Å²) in [4.78, 5) is 28.7. The number of carbonyl (C=O) groups is 2. The Morgan fingerprint density at radius 3 is 2.56 bits per heavy atom. The normalized spacial score (nSPS) is 22.6. The summed E-state index contributed by atoms with van der Waals surface area (Å²) in [6, 6.07) is 11.5. The van der Waals surface area contributed by atoms with Gasteiger partial charge in [0.25, 0.3) is 0 Å². The maximum Gasteiger partial charge on any atom is 0.228 e. The number of halogens is 3. The smallest absolute Gasteiger partial charge is 0.228 e. The third kappa shape index (κ3) is 7.22. The maximum atomic E-state index is 15.0. The molecule has 2 heterocycles. The lowest BCUT2D eigenvalue weighted by Crippen LogP contribution is -2.45. The molecule has 0 bridgehead atoms. The lowest BCUT2D eigenvalue weighted by molar-refractivity contribution is -0.135. The van der Waals surface area contributed by atoms with Crippen LogP contribution in [-0.2, 0) is 9.59 Å². The summed E-state index contributed by atoms with van der Waals surface area (Å²) < 4.78 is 28.7. The average molecular weight is 558 g/mol. The van der Waals surface area contributed by atoms with E-state index in [1.54, 1.807) is 25.2 Å². The molecular formula is C29H34ClF2N5O2. The maximum absolute atomic E-state index is 15.0. The van der Waals surface area contributed by atoms with E-state index in [1.807, 2.05) is 34.1 Å². The van der Waals surface area contributed by atoms with Crippen LogP contribution in [0.25, 0.3) is 0 Å². The van der Waals surface area contributed by atoms with Gasteiger partial charge in [0.2, 0.25) is 5.91 Å². The second kappa shape index (κ2) is 13.2. The first-order chi connectivity index (χ1) is 18.8. The van der Waals surface area contributed by atoms with E-state index in [0.29, 0.717) is 55.4 Å². The van der Waals surface area contributed by atoms with Crippen LogP contribution >= 0.6 is 11.6 Å². The lowest BCUT2D eigenvalue weighted by atomic mass is 9.87. The van der Waals surface area contributed by atoms with Crippen LogP contribution in [0.15, 0.2) is 59.7 Å². The van der Waals surface area contributed by atoms with E-state index >= 15 is 0 Å². The van der Waals surface area contributed by atoms with Crippen molar-refractivity contribution in [1.82, 2.24) is 20.1 Å². The molecule has 4 rings (SSSR count). The van der Waals surface area contributed by atoms with Gasteiger partial charge in [0, 0.05) is 69.9 Å². The van der Waals surface area contributed by atoms with Crippen molar-refractivity contribution in [3.05, 3.63) is 82.4 Å². The highest BCUT2D eigenvalue weighted by Crippen LogP contribution is 2.36. The first-order valence-corrected chi connectivity index (χ1v) is 13.5. The highest BCUT2D eigenvalue weighted by Gasteiger charge is 2.42. The van der Waals surface area contributed by atoms with E-state index in [2.05, 4.69) is 10.4 Å². The molecule has 2 fully saturated rings. The molecular weight excluding hydrogens is 524 g/mol. The molecule has 0 radical (unpaired) electrons. The number of likely N-dealkylation sites (tertiary alicyclic amines) is 1. The van der Waals surface area contributed by atoms with Crippen molar-refractivity contribution in [1.29, 1.82) is 0 Å². The number of carbonyl (C=O) groups excluding carboxylic acids is 2. The fourth-order valence-electron chi connectivity index (χ4n) is 5.40. The van der Waals surface area contributed by atoms with Crippen LogP contribution in [-0.4, -0.2) is 79.7 Å². The van der Waals surface area contributed by atoms with Crippen LogP contribution in [0.2, 0.25) is 5.02 Å². The van der Waals surface area contributed by atoms with E-state index in [0.717, 1.165) is 24.5 Å². The fraction of sp³-hybridized carbons (Fsp3) is 0.414. The summed E-state index contributed by atoms with van der Waals surface area (Å²) in [5.41, 5.74) is 1.46. The minimum absolute atomic E-state index is 0.0680. The van der Waals surface area contributed by atoms with Crippen molar-refractivity contribution in [3.63, 3.8) is 0 Å². The minimum atomic E-state index is -0.672. The number of allylic oxidation sites excluding steroid dienone is 1. The van der Waals surface area contributed by atoms with Crippen LogP contribution in [0, 0.1) is 17.6 Å². The Kier molecular flexibility index (Phi) is 9.69. The summed E-state index contributed by atoms with van der Waals surface area (Å²) >= 11 is 6.04. The predicted molar refractivity (Wildman–Crippen MR) is 148 cm³/mol. The van der Waals surface area contributed by atoms with Gasteiger partial charge in [-0.2, -0.15) is 5.10 Å². The summed E-state index contributed by atoms with van der Waals surface area (Å²) in [7, 11) is 3.52. The highest BCUT2D eigenvalue weighted by atomic mass is 35.5. The predicted octanol–water partition coefficient (Wildman–Crippen LogP) is 4.22. The number of hydrogen-bond donors (Lipinski definition) is 1. The molecule has 2 aromatic carbocycles. The zero-order chi connectivity index (χ0) is 27.9. The molecule has 0 spiro atoms. The first kappa shape index (κ1) is 28.7. The molecule has 0 saturated carbocycles. The van der Waals surface area contributed by atoms with Gasteiger partial charge < -0.3 is 20.1 Å². The number of amides is 1. The molecule has 10 heteroatoms. The van der Waals surface area contributed by atoms with Crippen LogP contribution in [0.3, 0.4) is 0 Å². The summed E-state index contributed by atoms with van der Waals surface area (Å²) in [5.74, 6) is -1.97. The quantitative estimate of drug-likeness (QED) is 0.189. The second-order valence-electron chi connectivity index (χ2n) is 10.1. The molecule has 39 heavy (non-hydrogen) atoms. The Labute approximate surface area is 233 Å². The van der Waals surface area contributed by atoms with Crippen molar-refractivity contribution in [2.24, 2.45) is 11.0 Å². The van der Waals surface area contributed by atoms with Gasteiger partial charge >= 0.3 is 0 Å². The van der Waals surface area contributed by atoms with Gasteiger partial charge in [-0.25, -0.2) is 8.78 Å². The van der Waals surface area contributed by atoms with Crippen LogP contribution in [0.5, 0.6) is 0 Å². The SMILES string of the molecule is CN(C)/N=C(\C=C/C=O)N1C[C@@H](C(=O)N2CCCC(c3ccc(Cl)cc3)NCC2)[C@H](c2ccc(F)cc2F)C1. The second-order valence-corrected chi connectivity index (χ2v) is 10.5. The van der Waals surface area contributed by atoms with Gasteiger partial charge in [0.1, 0.15) is 23.8 Å². The number of aldehydes is 1. The Hall–Kier alpha value is -3.30. The zero-order valence-corrected chi connectivity index (χ0v) is 23.0. The zero-order valence-electron chi connectivity index (χ0n) is 22.2. The number of nitrogens with one attached hydrogen (secondary N) is 1. The Bertz CT molecular complexity index is 1210. The molecule has 0 aromatic heterocycles. The summed E-state index contributed by atoms with van der Waals surface area (Å²) in [5, 5.41) is 10.3. The number of hydrazone groups is 1. The summed E-state index contributed by atoms with van der Waals surface area (Å²) in [6.07, 6.45) is 5.23. The molecule has 7 nitrogen and oxygen atoms in total. The number of hydrogen-bond acceptors (Lipinski definition) is 5. The van der Waals surface area contributed by atoms with Crippen LogP contribution in [0.1, 0.15) is 35.9 Å². The van der Waals surface area contributed by atoms with Crippen LogP contribution in [0.4, 0.5) is 8.78 Å². The molecule has 1 N–H and O–H groups in total. The monoisotopic (exact) mass is 557 g/mol. The fourth-order valence-corrected chi connectivity index (χ4v) is 5.53. The molecule has 1 amide bonds. The van der Waals surface area contributed by atoms with Gasteiger partial charge in [-0.3, -0.25) is 9.59 Å². The number of nitrogens with zero attached hydrogens (tertiary/aromatic N) is 4. The molecule has 208 valence electrons. The van der Waals surface area contributed by atoms with Gasteiger partial charge in [0.05, 0.1) is 5.92 Å². The van der Waals surface area contributed by atoms with E-state index in [-0.39, 0.29) is 11.9 Å². The van der Waals surface area contributed by atoms with E-state index in [1.165, 1.54) is 18.2 Å². The molecule has 0 aliphatic carbocycles. The van der Waals surface area contributed by atoms with E-state index < -0.39 is 23.5 Å². The van der Waals surface area contributed by atoms with Crippen molar-refractivity contribution >= 4 is 29.6 Å². The topological polar surface area (TPSA) is 68.2 Å². The average Bonchev–Trinajstić information content (AvgIpc) is 3.32. The van der Waals surface area contributed by atoms with Gasteiger partial charge in [-0.15, -0.1) is 0 Å². The van der Waals surface area contributed by atoms with Crippen LogP contribution < -0.4 is 5.32 Å². The van der Waals surface area contributed by atoms with Crippen molar-refractivity contribution in [2.75, 3.05) is 46.8 Å². The number of amidine groups is 1. The first-order valence-electron chi connectivity index (χ1n) is 13.1. The van der Waals surface area contributed by atoms with Gasteiger partial charge in [-0.1, -0.05) is 29.8 Å². The largest absolute Gasteiger partial charge is 0.354 e. The Balaban J connectivity index is 1.55.